The quantitative estimate of drug-likeness (QED) is 0.271. The fourth-order valence-electron chi connectivity index (χ4n) is 3.84. The van der Waals surface area contributed by atoms with Gasteiger partial charge in [0.1, 0.15) is 12.5 Å². The number of fused-ring (bicyclic) bond motifs is 1. The lowest BCUT2D eigenvalue weighted by molar-refractivity contribution is -0.138. The largest absolute Gasteiger partial charge is 0.481 e. The van der Waals surface area contributed by atoms with Gasteiger partial charge in [-0.05, 0) is 42.3 Å². The second-order valence-corrected chi connectivity index (χ2v) is 9.28. The van der Waals surface area contributed by atoms with E-state index in [0.29, 0.717) is 28.0 Å². The lowest BCUT2D eigenvalue weighted by Crippen LogP contribution is -2.16. The molecule has 1 aromatic carbocycles. The van der Waals surface area contributed by atoms with E-state index in [1.165, 1.54) is 51.4 Å². The van der Waals surface area contributed by atoms with E-state index in [4.69, 9.17) is 33.0 Å². The number of hydrogen-bond acceptors (Lipinski definition) is 5. The molecule has 3 rings (SSSR count). The van der Waals surface area contributed by atoms with Gasteiger partial charge in [0.25, 0.3) is 0 Å². The summed E-state index contributed by atoms with van der Waals surface area (Å²) in [6, 6.07) is 6.95. The molecule has 8 heteroatoms. The smallest absolute Gasteiger partial charge is 0.314 e. The molecule has 1 aliphatic rings. The zero-order chi connectivity index (χ0) is 24.8. The highest BCUT2D eigenvalue weighted by atomic mass is 35.5. The van der Waals surface area contributed by atoms with E-state index < -0.39 is 11.9 Å². The number of carbonyl (C=O) groups is 1. The minimum atomic E-state index is -0.859. The van der Waals surface area contributed by atoms with E-state index in [1.54, 1.807) is 30.5 Å². The van der Waals surface area contributed by atoms with E-state index in [1.807, 2.05) is 0 Å². The molecule has 3 N–H and O–H groups in total. The fraction of sp³-hybridized carbons (Fsp3) is 0.538. The van der Waals surface area contributed by atoms with Crippen LogP contribution in [-0.4, -0.2) is 34.3 Å². The van der Waals surface area contributed by atoms with Crippen LogP contribution in [0.3, 0.4) is 0 Å². The maximum Gasteiger partial charge on any atom is 0.314 e. The third-order valence-electron chi connectivity index (χ3n) is 5.79. The van der Waals surface area contributed by atoms with Crippen LogP contribution in [0.25, 0.3) is 0 Å². The van der Waals surface area contributed by atoms with Gasteiger partial charge in [-0.15, -0.1) is 0 Å². The summed E-state index contributed by atoms with van der Waals surface area (Å²) < 4.78 is 5.08. The number of aliphatic hydroxyl groups excluding tert-OH is 1. The number of aliphatic carboxylic acids is 1. The predicted octanol–water partition coefficient (Wildman–Crippen LogP) is 6.36. The SMILES string of the molecule is CCCCCCCCCCNCc1c(Cl)cc(Cl)cc1CO.O=C(O)[C@@H]1COc2ncccc21. The van der Waals surface area contributed by atoms with Crippen LogP contribution in [0.4, 0.5) is 0 Å². The monoisotopic (exact) mass is 510 g/mol. The molecule has 0 unspecified atom stereocenters. The third-order valence-corrected chi connectivity index (χ3v) is 6.35. The number of unbranched alkanes of at least 4 members (excludes halogenated alkanes) is 7. The number of benzene rings is 1. The maximum atomic E-state index is 10.7. The Kier molecular flexibility index (Phi) is 13.3. The van der Waals surface area contributed by atoms with Crippen molar-refractivity contribution in [1.82, 2.24) is 10.3 Å². The first-order valence-electron chi connectivity index (χ1n) is 12.1. The highest BCUT2D eigenvalue weighted by Crippen LogP contribution is 2.31. The zero-order valence-electron chi connectivity index (χ0n) is 19.9. The van der Waals surface area contributed by atoms with Crippen molar-refractivity contribution in [2.45, 2.75) is 77.4 Å². The zero-order valence-corrected chi connectivity index (χ0v) is 21.4. The Morgan fingerprint density at radius 1 is 1.15 bits per heavy atom. The van der Waals surface area contributed by atoms with Gasteiger partial charge in [0.15, 0.2) is 0 Å². The number of carboxylic acid groups (broad SMARTS) is 1. The second-order valence-electron chi connectivity index (χ2n) is 8.43. The van der Waals surface area contributed by atoms with Gasteiger partial charge in [-0.3, -0.25) is 4.79 Å². The summed E-state index contributed by atoms with van der Waals surface area (Å²) in [5.41, 5.74) is 2.43. The molecule has 0 fully saturated rings. The normalized spacial score (nSPS) is 14.2. The lowest BCUT2D eigenvalue weighted by Gasteiger charge is -2.12. The van der Waals surface area contributed by atoms with E-state index >= 15 is 0 Å². The van der Waals surface area contributed by atoms with Crippen LogP contribution in [0, 0.1) is 0 Å². The van der Waals surface area contributed by atoms with Crippen LogP contribution in [0.2, 0.25) is 10.0 Å². The van der Waals surface area contributed by atoms with Crippen molar-refractivity contribution in [2.24, 2.45) is 0 Å². The minimum absolute atomic E-state index is 0.0327. The molecule has 0 amide bonds. The van der Waals surface area contributed by atoms with Crippen molar-refractivity contribution in [3.05, 3.63) is 57.2 Å². The number of halogens is 2. The van der Waals surface area contributed by atoms with Gasteiger partial charge in [0.2, 0.25) is 5.88 Å². The minimum Gasteiger partial charge on any atom is -0.481 e. The number of aromatic nitrogens is 1. The van der Waals surface area contributed by atoms with Crippen LogP contribution < -0.4 is 10.1 Å². The van der Waals surface area contributed by atoms with Crippen molar-refractivity contribution in [1.29, 1.82) is 0 Å². The van der Waals surface area contributed by atoms with E-state index in [2.05, 4.69) is 17.2 Å². The molecule has 6 nitrogen and oxygen atoms in total. The van der Waals surface area contributed by atoms with Crippen LogP contribution in [0.1, 0.15) is 80.9 Å². The number of nitrogens with zero attached hydrogens (tertiary/aromatic N) is 1. The summed E-state index contributed by atoms with van der Waals surface area (Å²) in [6.45, 7) is 4.08. The Morgan fingerprint density at radius 2 is 1.85 bits per heavy atom. The van der Waals surface area contributed by atoms with Crippen LogP contribution in [-0.2, 0) is 17.9 Å². The van der Waals surface area contributed by atoms with E-state index in [-0.39, 0.29) is 13.2 Å². The molecule has 1 atom stereocenters. The summed E-state index contributed by atoms with van der Waals surface area (Å²) in [6.07, 6.45) is 12.2. The molecule has 188 valence electrons. The standard InChI is InChI=1S/C18H29Cl2NO.C8H7NO3/c1-2-3-4-5-6-7-8-9-10-21-13-17-15(14-22)11-16(19)12-18(17)20;10-8(11)6-4-12-7-5(6)2-1-3-9-7/h11-12,21-22H,2-10,13-14H2,1H3;1-3,6H,4H2,(H,10,11)/t;6-/m.1/s1. The Balaban J connectivity index is 0.000000283. The summed E-state index contributed by atoms with van der Waals surface area (Å²) in [5, 5.41) is 22.7. The summed E-state index contributed by atoms with van der Waals surface area (Å²) in [5.74, 6) is -0.958. The lowest BCUT2D eigenvalue weighted by atomic mass is 10.0. The number of carboxylic acids is 1. The molecule has 2 aromatic rings. The van der Waals surface area contributed by atoms with Crippen molar-refractivity contribution < 1.29 is 19.7 Å². The molecule has 0 bridgehead atoms. The number of nitrogens with one attached hydrogen (secondary N) is 1. The first-order valence-corrected chi connectivity index (χ1v) is 12.8. The highest BCUT2D eigenvalue weighted by Gasteiger charge is 2.30. The van der Waals surface area contributed by atoms with Crippen molar-refractivity contribution >= 4 is 29.2 Å². The van der Waals surface area contributed by atoms with E-state index in [9.17, 15) is 9.90 Å². The number of hydrogen-bond donors (Lipinski definition) is 3. The molecule has 1 aromatic heterocycles. The molecule has 34 heavy (non-hydrogen) atoms. The predicted molar refractivity (Wildman–Crippen MR) is 137 cm³/mol. The third kappa shape index (κ3) is 9.41. The molecule has 2 heterocycles. The maximum absolute atomic E-state index is 10.7. The molecular formula is C26H36Cl2N2O4. The molecular weight excluding hydrogens is 475 g/mol. The van der Waals surface area contributed by atoms with Gasteiger partial charge >= 0.3 is 5.97 Å². The first kappa shape index (κ1) is 28.4. The Labute approximate surface area is 212 Å². The van der Waals surface area contributed by atoms with Crippen molar-refractivity contribution in [2.75, 3.05) is 13.2 Å². The molecule has 0 spiro atoms. The van der Waals surface area contributed by atoms with Gasteiger partial charge in [-0.1, -0.05) is 81.1 Å². The van der Waals surface area contributed by atoms with Gasteiger partial charge in [-0.25, -0.2) is 4.98 Å². The molecule has 0 saturated heterocycles. The van der Waals surface area contributed by atoms with Crippen LogP contribution in [0.15, 0.2) is 30.5 Å². The Morgan fingerprint density at radius 3 is 2.53 bits per heavy atom. The summed E-state index contributed by atoms with van der Waals surface area (Å²) in [7, 11) is 0. The molecule has 1 aliphatic heterocycles. The number of ether oxygens (including phenoxy) is 1. The number of rotatable bonds is 13. The number of aliphatic hydroxyl groups is 1. The fourth-order valence-corrected chi connectivity index (χ4v) is 4.44. The van der Waals surface area contributed by atoms with Crippen molar-refractivity contribution in [3.63, 3.8) is 0 Å². The second kappa shape index (κ2) is 15.9. The summed E-state index contributed by atoms with van der Waals surface area (Å²) in [4.78, 5) is 14.6. The number of pyridine rings is 1. The Bertz CT molecular complexity index is 895. The topological polar surface area (TPSA) is 91.7 Å². The van der Waals surface area contributed by atoms with Gasteiger partial charge in [0.05, 0.1) is 6.61 Å². The first-order chi connectivity index (χ1) is 16.5. The van der Waals surface area contributed by atoms with Gasteiger partial charge in [0, 0.05) is 28.4 Å². The van der Waals surface area contributed by atoms with Gasteiger partial charge < -0.3 is 20.3 Å². The average Bonchev–Trinajstić information content (AvgIpc) is 3.26. The van der Waals surface area contributed by atoms with Gasteiger partial charge in [-0.2, -0.15) is 0 Å². The molecule has 0 aliphatic carbocycles. The average molecular weight is 511 g/mol. The van der Waals surface area contributed by atoms with E-state index in [0.717, 1.165) is 17.7 Å². The van der Waals surface area contributed by atoms with Crippen LogP contribution >= 0.6 is 23.2 Å². The molecule has 0 radical (unpaired) electrons. The summed E-state index contributed by atoms with van der Waals surface area (Å²) >= 11 is 12.1. The Hall–Kier alpha value is -1.86. The highest BCUT2D eigenvalue weighted by molar-refractivity contribution is 6.35. The molecule has 0 saturated carbocycles. The van der Waals surface area contributed by atoms with Crippen molar-refractivity contribution in [3.8, 4) is 5.88 Å². The van der Waals surface area contributed by atoms with Crippen LogP contribution in [0.5, 0.6) is 5.88 Å².